The summed E-state index contributed by atoms with van der Waals surface area (Å²) in [6, 6.07) is 36.7. The molecular weight excluding hydrogens is 568 g/mol. The number of fused-ring (bicyclic) bond motifs is 1. The molecule has 9 nitrogen and oxygen atoms in total. The number of nitrogens with zero attached hydrogens (tertiary/aromatic N) is 1. The summed E-state index contributed by atoms with van der Waals surface area (Å²) in [5.74, 6) is 2.10. The summed E-state index contributed by atoms with van der Waals surface area (Å²) in [7, 11) is 3.58. The number of anilines is 4. The molecule has 6 rings (SSSR count). The zero-order chi connectivity index (χ0) is 32.2. The Morgan fingerprint density at radius 2 is 1.04 bits per heavy atom. The smallest absolute Gasteiger partial charge is 0.266 e. The predicted octanol–water partition coefficient (Wildman–Crippen LogP) is 7.42. The number of nitrogen functional groups attached to an aromatic ring is 1. The molecule has 2 amide bonds. The number of nitrogens with two attached hydrogens (primary N) is 1. The van der Waals surface area contributed by atoms with Crippen LogP contribution in [-0.4, -0.2) is 37.6 Å². The van der Waals surface area contributed by atoms with E-state index in [1.54, 1.807) is 62.5 Å². The van der Waals surface area contributed by atoms with Crippen LogP contribution >= 0.6 is 0 Å². The molecule has 1 aliphatic rings. The molecule has 0 saturated heterocycles. The number of carbonyl (C=O) groups is 2. The molecule has 0 aliphatic carbocycles. The molecule has 5 aromatic carbocycles. The van der Waals surface area contributed by atoms with Crippen LogP contribution < -0.4 is 30.7 Å². The number of ether oxygens (including phenoxy) is 2. The fourth-order valence-electron chi connectivity index (χ4n) is 4.46. The van der Waals surface area contributed by atoms with Crippen LogP contribution in [0.2, 0.25) is 0 Å². The van der Waals surface area contributed by atoms with Crippen molar-refractivity contribution in [3.05, 3.63) is 132 Å². The second kappa shape index (κ2) is 15.6. The molecule has 9 heteroatoms. The monoisotopic (exact) mass is 604 g/mol. The Bertz CT molecular complexity index is 1690. The first kappa shape index (κ1) is 32.1. The molecule has 0 aromatic heterocycles. The summed E-state index contributed by atoms with van der Waals surface area (Å²) in [6.07, 6.45) is 0. The molecule has 0 saturated carbocycles. The minimum absolute atomic E-state index is 0.250. The highest BCUT2D eigenvalue weighted by molar-refractivity contribution is 6.35. The van der Waals surface area contributed by atoms with Gasteiger partial charge in [-0.2, -0.15) is 0 Å². The molecular formula is C36H36N4O5. The number of hydrogen-bond donors (Lipinski definition) is 4. The van der Waals surface area contributed by atoms with Gasteiger partial charge in [0.05, 0.1) is 33.9 Å². The molecule has 0 atom stereocenters. The lowest BCUT2D eigenvalue weighted by molar-refractivity contribution is 0.0926. The van der Waals surface area contributed by atoms with Crippen LogP contribution in [0.15, 0.2) is 121 Å². The molecule has 0 bridgehead atoms. The van der Waals surface area contributed by atoms with Crippen molar-refractivity contribution in [1.29, 1.82) is 0 Å². The predicted molar refractivity (Wildman–Crippen MR) is 180 cm³/mol. The van der Waals surface area contributed by atoms with Gasteiger partial charge in [0.15, 0.2) is 0 Å². The Balaban J connectivity index is 0.000000207. The summed E-state index contributed by atoms with van der Waals surface area (Å²) in [6.45, 7) is 1.93. The summed E-state index contributed by atoms with van der Waals surface area (Å²) in [5, 5.41) is 13.6. The number of carbonyl (C=O) groups excluding carboxylic acids is 2. The summed E-state index contributed by atoms with van der Waals surface area (Å²) in [5.41, 5.74) is 9.38. The van der Waals surface area contributed by atoms with Crippen LogP contribution in [0, 0.1) is 0 Å². The average Bonchev–Trinajstić information content (AvgIpc) is 3.32. The topological polar surface area (TPSA) is 126 Å². The number of para-hydroxylation sites is 2. The number of rotatable bonds is 7. The van der Waals surface area contributed by atoms with E-state index in [4.69, 9.17) is 20.3 Å². The SMILES string of the molecule is CCO.CNc1ccc(Oc2ccccc2)cc1N.CNc1ccc(Oc2ccccc2)cc1N1C(=O)c2ccccc2C1=O. The van der Waals surface area contributed by atoms with Crippen molar-refractivity contribution >= 4 is 34.6 Å². The zero-order valence-electron chi connectivity index (χ0n) is 25.4. The third-order valence-corrected chi connectivity index (χ3v) is 6.52. The van der Waals surface area contributed by atoms with Gasteiger partial charge in [-0.3, -0.25) is 9.59 Å². The van der Waals surface area contributed by atoms with Gasteiger partial charge in [-0.1, -0.05) is 48.5 Å². The van der Waals surface area contributed by atoms with E-state index in [9.17, 15) is 9.59 Å². The quantitative estimate of drug-likeness (QED) is 0.112. The van der Waals surface area contributed by atoms with E-state index in [0.29, 0.717) is 39.7 Å². The van der Waals surface area contributed by atoms with Crippen LogP contribution in [0.1, 0.15) is 27.6 Å². The van der Waals surface area contributed by atoms with Gasteiger partial charge in [0.25, 0.3) is 11.8 Å². The van der Waals surface area contributed by atoms with Crippen molar-refractivity contribution in [2.75, 3.05) is 42.0 Å². The van der Waals surface area contributed by atoms with E-state index in [1.807, 2.05) is 79.8 Å². The van der Waals surface area contributed by atoms with Gasteiger partial charge >= 0.3 is 0 Å². The molecule has 1 aliphatic heterocycles. The van der Waals surface area contributed by atoms with Crippen LogP contribution in [0.3, 0.4) is 0 Å². The number of benzene rings is 5. The van der Waals surface area contributed by atoms with E-state index in [0.717, 1.165) is 17.2 Å². The lowest BCUT2D eigenvalue weighted by atomic mass is 10.1. The van der Waals surface area contributed by atoms with Crippen LogP contribution in [-0.2, 0) is 0 Å². The van der Waals surface area contributed by atoms with Crippen molar-refractivity contribution in [3.8, 4) is 23.0 Å². The van der Waals surface area contributed by atoms with E-state index < -0.39 is 0 Å². The normalized spacial score (nSPS) is 11.3. The highest BCUT2D eigenvalue weighted by Crippen LogP contribution is 2.37. The van der Waals surface area contributed by atoms with Gasteiger partial charge in [0, 0.05) is 32.8 Å². The third-order valence-electron chi connectivity index (χ3n) is 6.52. The third kappa shape index (κ3) is 7.98. The number of aliphatic hydroxyl groups excluding tert-OH is 1. The van der Waals surface area contributed by atoms with Crippen molar-refractivity contribution in [3.63, 3.8) is 0 Å². The maximum atomic E-state index is 12.8. The Kier molecular flexibility index (Phi) is 11.1. The Morgan fingerprint density at radius 3 is 1.49 bits per heavy atom. The minimum Gasteiger partial charge on any atom is -0.457 e. The van der Waals surface area contributed by atoms with Gasteiger partial charge in [-0.15, -0.1) is 0 Å². The van der Waals surface area contributed by atoms with E-state index in [2.05, 4.69) is 10.6 Å². The van der Waals surface area contributed by atoms with E-state index in [1.165, 1.54) is 4.90 Å². The van der Waals surface area contributed by atoms with Gasteiger partial charge in [0.2, 0.25) is 0 Å². The summed E-state index contributed by atoms with van der Waals surface area (Å²) >= 11 is 0. The largest absolute Gasteiger partial charge is 0.457 e. The van der Waals surface area contributed by atoms with Gasteiger partial charge in [-0.05, 0) is 67.6 Å². The van der Waals surface area contributed by atoms with Crippen molar-refractivity contribution in [2.24, 2.45) is 0 Å². The Hall–Kier alpha value is -5.80. The van der Waals surface area contributed by atoms with Crippen molar-refractivity contribution < 1.29 is 24.2 Å². The number of nitrogens with one attached hydrogen (secondary N) is 2. The minimum atomic E-state index is -0.334. The van der Waals surface area contributed by atoms with Crippen molar-refractivity contribution in [1.82, 2.24) is 0 Å². The second-order valence-corrected chi connectivity index (χ2v) is 9.57. The fourth-order valence-corrected chi connectivity index (χ4v) is 4.46. The molecule has 45 heavy (non-hydrogen) atoms. The highest BCUT2D eigenvalue weighted by atomic mass is 16.5. The van der Waals surface area contributed by atoms with Gasteiger partial charge < -0.3 is 30.9 Å². The number of aliphatic hydroxyl groups is 1. The molecule has 0 spiro atoms. The molecule has 5 aromatic rings. The molecule has 230 valence electrons. The molecule has 0 fully saturated rings. The Labute approximate surface area is 262 Å². The average molecular weight is 605 g/mol. The standard InChI is InChI=1S/C21H16N2O3.C13H14N2O.C2H6O/c1-22-18-12-11-15(26-14-7-3-2-4-8-14)13-19(18)23-20(24)16-9-5-6-10-17(16)21(23)25;1-15-13-8-7-11(9-12(13)14)16-10-5-3-2-4-6-10;1-2-3/h2-13,22H,1H3;2-9,15H,14H2,1H3;3H,2H2,1H3. The number of imide groups is 1. The lowest BCUT2D eigenvalue weighted by Crippen LogP contribution is -2.30. The molecule has 5 N–H and O–H groups in total. The second-order valence-electron chi connectivity index (χ2n) is 9.57. The van der Waals surface area contributed by atoms with E-state index in [-0.39, 0.29) is 18.4 Å². The first-order valence-electron chi connectivity index (χ1n) is 14.3. The van der Waals surface area contributed by atoms with Gasteiger partial charge in [-0.25, -0.2) is 4.90 Å². The first-order valence-corrected chi connectivity index (χ1v) is 14.3. The zero-order valence-corrected chi connectivity index (χ0v) is 25.4. The van der Waals surface area contributed by atoms with Crippen LogP contribution in [0.5, 0.6) is 23.0 Å². The first-order chi connectivity index (χ1) is 21.9. The fraction of sp³-hybridized carbons (Fsp3) is 0.111. The summed E-state index contributed by atoms with van der Waals surface area (Å²) in [4.78, 5) is 26.8. The molecule has 0 unspecified atom stereocenters. The van der Waals surface area contributed by atoms with Crippen molar-refractivity contribution in [2.45, 2.75) is 6.92 Å². The maximum absolute atomic E-state index is 12.8. The van der Waals surface area contributed by atoms with Crippen LogP contribution in [0.4, 0.5) is 22.7 Å². The summed E-state index contributed by atoms with van der Waals surface area (Å²) < 4.78 is 11.5. The Morgan fingerprint density at radius 1 is 0.622 bits per heavy atom. The molecule has 1 heterocycles. The van der Waals surface area contributed by atoms with Crippen LogP contribution in [0.25, 0.3) is 0 Å². The highest BCUT2D eigenvalue weighted by Gasteiger charge is 2.37. The van der Waals surface area contributed by atoms with E-state index >= 15 is 0 Å². The number of hydrogen-bond acceptors (Lipinski definition) is 8. The maximum Gasteiger partial charge on any atom is 0.266 e. The number of amides is 2. The molecule has 0 radical (unpaired) electrons. The van der Waals surface area contributed by atoms with Gasteiger partial charge in [0.1, 0.15) is 23.0 Å². The lowest BCUT2D eigenvalue weighted by Gasteiger charge is -2.19.